The Hall–Kier alpha value is -0.280. The summed E-state index contributed by atoms with van der Waals surface area (Å²) >= 11 is 0. The van der Waals surface area contributed by atoms with Crippen molar-refractivity contribution in [2.24, 2.45) is 29.4 Å². The first kappa shape index (κ1) is 19.1. The van der Waals surface area contributed by atoms with Crippen LogP contribution >= 0.6 is 12.4 Å². The van der Waals surface area contributed by atoms with Gasteiger partial charge in [-0.15, -0.1) is 12.4 Å². The Balaban J connectivity index is 0.00000192. The number of nitrogens with zero attached hydrogens (tertiary/aromatic N) is 1. The highest BCUT2D eigenvalue weighted by Gasteiger charge is 2.43. The molecule has 2 N–H and O–H groups in total. The summed E-state index contributed by atoms with van der Waals surface area (Å²) in [5, 5.41) is 0. The van der Waals surface area contributed by atoms with Crippen LogP contribution in [0.5, 0.6) is 0 Å². The van der Waals surface area contributed by atoms with Crippen molar-refractivity contribution in [3.63, 3.8) is 0 Å². The molecule has 3 rings (SSSR count). The summed E-state index contributed by atoms with van der Waals surface area (Å²) in [6, 6.07) is 0.339. The highest BCUT2D eigenvalue weighted by molar-refractivity contribution is 5.85. The Kier molecular flexibility index (Phi) is 7.21. The Bertz CT molecular complexity index is 384. The lowest BCUT2D eigenvalue weighted by atomic mass is 9.81. The van der Waals surface area contributed by atoms with Crippen molar-refractivity contribution in [2.75, 3.05) is 13.1 Å². The quantitative estimate of drug-likeness (QED) is 0.821. The van der Waals surface area contributed by atoms with E-state index in [0.717, 1.165) is 44.7 Å². The third-order valence-electron chi connectivity index (χ3n) is 6.55. The molecule has 0 aromatic carbocycles. The highest BCUT2D eigenvalue weighted by Crippen LogP contribution is 2.39. The Morgan fingerprint density at radius 1 is 1.13 bits per heavy atom. The van der Waals surface area contributed by atoms with Gasteiger partial charge in [0.2, 0.25) is 5.91 Å². The number of fused-ring (bicyclic) bond motifs is 1. The topological polar surface area (TPSA) is 46.3 Å². The Morgan fingerprint density at radius 3 is 2.52 bits per heavy atom. The van der Waals surface area contributed by atoms with E-state index in [1.807, 2.05) is 0 Å². The number of carbonyl (C=O) groups excluding carboxylic acids is 1. The van der Waals surface area contributed by atoms with Crippen LogP contribution in [0.4, 0.5) is 0 Å². The lowest BCUT2D eigenvalue weighted by Crippen LogP contribution is -2.38. The molecule has 0 aromatic rings. The van der Waals surface area contributed by atoms with Gasteiger partial charge in [0.15, 0.2) is 0 Å². The SMILES string of the molecule is CCCC(CC1CCCCC1)C(=O)N1CC2CCC(N)C2C1.Cl. The average Bonchev–Trinajstić information content (AvgIpc) is 3.10. The van der Waals surface area contributed by atoms with E-state index in [1.165, 1.54) is 38.5 Å². The molecule has 3 nitrogen and oxygen atoms in total. The van der Waals surface area contributed by atoms with Crippen molar-refractivity contribution in [1.29, 1.82) is 0 Å². The fourth-order valence-corrected chi connectivity index (χ4v) is 5.26. The van der Waals surface area contributed by atoms with Crippen LogP contribution in [-0.2, 0) is 4.79 Å². The summed E-state index contributed by atoms with van der Waals surface area (Å²) in [5.74, 6) is 2.81. The summed E-state index contributed by atoms with van der Waals surface area (Å²) in [4.78, 5) is 15.2. The van der Waals surface area contributed by atoms with E-state index in [0.29, 0.717) is 23.8 Å². The molecule has 0 aromatic heterocycles. The highest BCUT2D eigenvalue weighted by atomic mass is 35.5. The second-order valence-corrected chi connectivity index (χ2v) is 8.13. The van der Waals surface area contributed by atoms with Crippen molar-refractivity contribution in [3.05, 3.63) is 0 Å². The second kappa shape index (κ2) is 8.71. The number of halogens is 1. The number of hydrogen-bond acceptors (Lipinski definition) is 2. The number of carbonyl (C=O) groups is 1. The standard InChI is InChI=1S/C19H34N2O.ClH/c1-2-6-15(11-14-7-4-3-5-8-14)19(22)21-12-16-9-10-18(20)17(16)13-21;/h14-18H,2-13,20H2,1H3;1H. The maximum Gasteiger partial charge on any atom is 0.225 e. The van der Waals surface area contributed by atoms with Crippen molar-refractivity contribution in [2.45, 2.75) is 77.2 Å². The first-order valence-electron chi connectivity index (χ1n) is 9.73. The zero-order chi connectivity index (χ0) is 15.5. The average molecular weight is 343 g/mol. The predicted molar refractivity (Wildman–Crippen MR) is 97.6 cm³/mol. The minimum atomic E-state index is 0. The lowest BCUT2D eigenvalue weighted by molar-refractivity contribution is -0.135. The van der Waals surface area contributed by atoms with E-state index in [4.69, 9.17) is 5.73 Å². The van der Waals surface area contributed by atoms with Gasteiger partial charge in [0.1, 0.15) is 0 Å². The zero-order valence-electron chi connectivity index (χ0n) is 14.7. The fraction of sp³-hybridized carbons (Fsp3) is 0.947. The minimum absolute atomic E-state index is 0. The second-order valence-electron chi connectivity index (χ2n) is 8.13. The molecule has 0 radical (unpaired) electrons. The molecule has 0 spiro atoms. The molecular formula is C19H35ClN2O. The molecule has 1 heterocycles. The molecule has 1 saturated heterocycles. The zero-order valence-corrected chi connectivity index (χ0v) is 15.5. The summed E-state index contributed by atoms with van der Waals surface area (Å²) in [6.45, 7) is 4.15. The third-order valence-corrected chi connectivity index (χ3v) is 6.55. The first-order chi connectivity index (χ1) is 10.7. The van der Waals surface area contributed by atoms with Gasteiger partial charge < -0.3 is 10.6 Å². The molecule has 4 heteroatoms. The lowest BCUT2D eigenvalue weighted by Gasteiger charge is -2.29. The Labute approximate surface area is 148 Å². The molecule has 1 amide bonds. The third kappa shape index (κ3) is 4.42. The van der Waals surface area contributed by atoms with Gasteiger partial charge in [-0.2, -0.15) is 0 Å². The van der Waals surface area contributed by atoms with E-state index >= 15 is 0 Å². The van der Waals surface area contributed by atoms with E-state index in [1.54, 1.807) is 0 Å². The van der Waals surface area contributed by atoms with Crippen molar-refractivity contribution in [3.8, 4) is 0 Å². The van der Waals surface area contributed by atoms with Gasteiger partial charge >= 0.3 is 0 Å². The summed E-state index contributed by atoms with van der Waals surface area (Å²) in [7, 11) is 0. The van der Waals surface area contributed by atoms with Crippen LogP contribution in [0, 0.1) is 23.7 Å². The molecule has 3 fully saturated rings. The van der Waals surface area contributed by atoms with Crippen LogP contribution < -0.4 is 5.73 Å². The molecule has 1 aliphatic heterocycles. The van der Waals surface area contributed by atoms with Crippen molar-refractivity contribution < 1.29 is 4.79 Å². The molecule has 4 atom stereocenters. The van der Waals surface area contributed by atoms with E-state index in [-0.39, 0.29) is 18.3 Å². The fourth-order valence-electron chi connectivity index (χ4n) is 5.26. The number of hydrogen-bond donors (Lipinski definition) is 1. The normalized spacial score (nSPS) is 32.4. The van der Waals surface area contributed by atoms with Gasteiger partial charge in [0, 0.05) is 25.0 Å². The van der Waals surface area contributed by atoms with Gasteiger partial charge in [-0.25, -0.2) is 0 Å². The molecular weight excluding hydrogens is 308 g/mol. The molecule has 134 valence electrons. The van der Waals surface area contributed by atoms with Crippen LogP contribution in [0.15, 0.2) is 0 Å². The van der Waals surface area contributed by atoms with Gasteiger partial charge in [-0.1, -0.05) is 45.4 Å². The maximum atomic E-state index is 13.0. The van der Waals surface area contributed by atoms with Gasteiger partial charge in [-0.05, 0) is 43.4 Å². The van der Waals surface area contributed by atoms with E-state index in [9.17, 15) is 4.79 Å². The molecule has 23 heavy (non-hydrogen) atoms. The summed E-state index contributed by atoms with van der Waals surface area (Å²) in [5.41, 5.74) is 6.23. The van der Waals surface area contributed by atoms with Crippen LogP contribution in [-0.4, -0.2) is 29.9 Å². The van der Waals surface area contributed by atoms with Crippen LogP contribution in [0.2, 0.25) is 0 Å². The van der Waals surface area contributed by atoms with Crippen LogP contribution in [0.1, 0.15) is 71.1 Å². The van der Waals surface area contributed by atoms with Crippen molar-refractivity contribution in [1.82, 2.24) is 4.90 Å². The minimum Gasteiger partial charge on any atom is -0.342 e. The Morgan fingerprint density at radius 2 is 1.87 bits per heavy atom. The van der Waals surface area contributed by atoms with E-state index < -0.39 is 0 Å². The monoisotopic (exact) mass is 342 g/mol. The number of amides is 1. The van der Waals surface area contributed by atoms with Crippen LogP contribution in [0.3, 0.4) is 0 Å². The number of rotatable bonds is 5. The van der Waals surface area contributed by atoms with Gasteiger partial charge in [0.25, 0.3) is 0 Å². The first-order valence-corrected chi connectivity index (χ1v) is 9.73. The number of likely N-dealkylation sites (tertiary alicyclic amines) is 1. The molecule has 0 bridgehead atoms. The molecule has 2 saturated carbocycles. The van der Waals surface area contributed by atoms with Crippen LogP contribution in [0.25, 0.3) is 0 Å². The molecule has 2 aliphatic carbocycles. The summed E-state index contributed by atoms with van der Waals surface area (Å²) < 4.78 is 0. The smallest absolute Gasteiger partial charge is 0.225 e. The number of nitrogens with two attached hydrogens (primary N) is 1. The van der Waals surface area contributed by atoms with E-state index in [2.05, 4.69) is 11.8 Å². The van der Waals surface area contributed by atoms with Crippen molar-refractivity contribution >= 4 is 18.3 Å². The summed E-state index contributed by atoms with van der Waals surface area (Å²) in [6.07, 6.45) is 12.6. The maximum absolute atomic E-state index is 13.0. The molecule has 4 unspecified atom stereocenters. The van der Waals surface area contributed by atoms with Gasteiger partial charge in [0.05, 0.1) is 0 Å². The largest absolute Gasteiger partial charge is 0.342 e. The predicted octanol–water partition coefficient (Wildman–Crippen LogP) is 3.99. The van der Waals surface area contributed by atoms with Gasteiger partial charge in [-0.3, -0.25) is 4.79 Å². The molecule has 3 aliphatic rings.